The number of rotatable bonds is 4. The summed E-state index contributed by atoms with van der Waals surface area (Å²) in [5, 5.41) is 14.1. The zero-order valence-electron chi connectivity index (χ0n) is 12.5. The average molecular weight is 304 g/mol. The first kappa shape index (κ1) is 16.2. The van der Waals surface area contributed by atoms with Gasteiger partial charge in [-0.3, -0.25) is 0 Å². The van der Waals surface area contributed by atoms with Crippen LogP contribution in [0.15, 0.2) is 0 Å². The maximum atomic E-state index is 11.5. The lowest BCUT2D eigenvalue weighted by molar-refractivity contribution is 0.0211. The van der Waals surface area contributed by atoms with Crippen LogP contribution >= 0.6 is 0 Å². The predicted octanol–water partition coefficient (Wildman–Crippen LogP) is 1.09. The molecule has 2 rings (SSSR count). The van der Waals surface area contributed by atoms with Crippen LogP contribution in [-0.4, -0.2) is 55.4 Å². The first-order valence-corrected chi connectivity index (χ1v) is 9.65. The maximum absolute atomic E-state index is 11.5. The summed E-state index contributed by atoms with van der Waals surface area (Å²) in [6, 6.07) is 0.334. The summed E-state index contributed by atoms with van der Waals surface area (Å²) < 4.78 is 24.5. The molecule has 2 N–H and O–H groups in total. The predicted molar refractivity (Wildman–Crippen MR) is 80.1 cm³/mol. The minimum absolute atomic E-state index is 0.334. The van der Waals surface area contributed by atoms with Crippen molar-refractivity contribution in [2.75, 3.05) is 25.9 Å². The minimum atomic E-state index is -3.05. The molecule has 0 aromatic rings. The lowest BCUT2D eigenvalue weighted by Crippen LogP contribution is -2.49. The van der Waals surface area contributed by atoms with Crippen molar-refractivity contribution in [2.24, 2.45) is 0 Å². The maximum Gasteiger partial charge on any atom is 0.211 e. The molecular weight excluding hydrogens is 276 g/mol. The van der Waals surface area contributed by atoms with E-state index in [0.29, 0.717) is 25.7 Å². The molecule has 0 amide bonds. The van der Waals surface area contributed by atoms with E-state index in [1.54, 1.807) is 4.31 Å². The van der Waals surface area contributed by atoms with E-state index in [-0.39, 0.29) is 0 Å². The Morgan fingerprint density at radius 1 is 1.15 bits per heavy atom. The van der Waals surface area contributed by atoms with Crippen molar-refractivity contribution < 1.29 is 13.5 Å². The van der Waals surface area contributed by atoms with Crippen LogP contribution in [0, 0.1) is 0 Å². The first-order chi connectivity index (χ1) is 9.39. The molecule has 20 heavy (non-hydrogen) atoms. The lowest BCUT2D eigenvalue weighted by atomic mass is 9.93. The second-order valence-electron chi connectivity index (χ2n) is 6.46. The van der Waals surface area contributed by atoms with E-state index in [1.165, 1.54) is 19.1 Å². The quantitative estimate of drug-likeness (QED) is 0.763. The third kappa shape index (κ3) is 4.69. The highest BCUT2D eigenvalue weighted by Gasteiger charge is 2.30. The van der Waals surface area contributed by atoms with Crippen LogP contribution in [0.1, 0.15) is 51.4 Å². The summed E-state index contributed by atoms with van der Waals surface area (Å²) in [4.78, 5) is 0. The Bertz CT molecular complexity index is 395. The van der Waals surface area contributed by atoms with Gasteiger partial charge in [-0.05, 0) is 25.7 Å². The summed E-state index contributed by atoms with van der Waals surface area (Å²) >= 11 is 0. The number of piperidine rings is 1. The summed E-state index contributed by atoms with van der Waals surface area (Å²) in [7, 11) is -3.05. The number of hydrogen-bond acceptors (Lipinski definition) is 4. The second-order valence-corrected chi connectivity index (χ2v) is 8.44. The summed E-state index contributed by atoms with van der Waals surface area (Å²) in [5.74, 6) is 0. The van der Waals surface area contributed by atoms with Gasteiger partial charge in [0.15, 0.2) is 0 Å². The van der Waals surface area contributed by atoms with Crippen molar-refractivity contribution in [2.45, 2.75) is 63.0 Å². The molecule has 0 aromatic heterocycles. The highest BCUT2D eigenvalue weighted by atomic mass is 32.2. The number of nitrogens with one attached hydrogen (secondary N) is 1. The Labute approximate surface area is 122 Å². The third-order valence-electron chi connectivity index (χ3n) is 4.68. The molecule has 0 bridgehead atoms. The lowest BCUT2D eigenvalue weighted by Gasteiger charge is -2.34. The van der Waals surface area contributed by atoms with Crippen LogP contribution in [0.2, 0.25) is 0 Å². The van der Waals surface area contributed by atoms with E-state index < -0.39 is 15.6 Å². The SMILES string of the molecule is CS(=O)(=O)N1CCC(NCC2(O)CCCCCC2)CC1. The molecule has 1 aliphatic carbocycles. The molecular formula is C14H28N2O3S. The third-order valence-corrected chi connectivity index (χ3v) is 5.98. The van der Waals surface area contributed by atoms with Gasteiger partial charge in [0, 0.05) is 25.7 Å². The largest absolute Gasteiger partial charge is 0.389 e. The molecule has 1 aliphatic heterocycles. The molecule has 0 aromatic carbocycles. The Hall–Kier alpha value is -0.170. The second kappa shape index (κ2) is 6.73. The zero-order chi connectivity index (χ0) is 14.6. The van der Waals surface area contributed by atoms with E-state index in [1.807, 2.05) is 0 Å². The smallest absolute Gasteiger partial charge is 0.211 e. The van der Waals surface area contributed by atoms with Crippen LogP contribution in [-0.2, 0) is 10.0 Å². The van der Waals surface area contributed by atoms with Gasteiger partial charge in [-0.1, -0.05) is 25.7 Å². The van der Waals surface area contributed by atoms with Crippen LogP contribution in [0.4, 0.5) is 0 Å². The molecule has 5 nitrogen and oxygen atoms in total. The van der Waals surface area contributed by atoms with E-state index in [9.17, 15) is 13.5 Å². The van der Waals surface area contributed by atoms with Crippen molar-refractivity contribution in [1.29, 1.82) is 0 Å². The van der Waals surface area contributed by atoms with Crippen molar-refractivity contribution >= 4 is 10.0 Å². The fourth-order valence-electron chi connectivity index (χ4n) is 3.29. The monoisotopic (exact) mass is 304 g/mol. The molecule has 1 heterocycles. The summed E-state index contributed by atoms with van der Waals surface area (Å²) in [6.45, 7) is 1.83. The van der Waals surface area contributed by atoms with Gasteiger partial charge >= 0.3 is 0 Å². The topological polar surface area (TPSA) is 69.6 Å². The Balaban J connectivity index is 1.75. The fraction of sp³-hybridized carbons (Fsp3) is 1.00. The van der Waals surface area contributed by atoms with Crippen molar-refractivity contribution in [3.05, 3.63) is 0 Å². The molecule has 118 valence electrons. The van der Waals surface area contributed by atoms with Gasteiger partial charge < -0.3 is 10.4 Å². The Morgan fingerprint density at radius 2 is 1.70 bits per heavy atom. The van der Waals surface area contributed by atoms with E-state index >= 15 is 0 Å². The molecule has 1 saturated heterocycles. The van der Waals surface area contributed by atoms with Gasteiger partial charge in [-0.2, -0.15) is 0 Å². The summed E-state index contributed by atoms with van der Waals surface area (Å²) in [6.07, 6.45) is 9.42. The Kier molecular flexibility index (Phi) is 5.45. The van der Waals surface area contributed by atoms with Crippen molar-refractivity contribution in [1.82, 2.24) is 9.62 Å². The molecule has 0 atom stereocenters. The van der Waals surface area contributed by atoms with Gasteiger partial charge in [-0.25, -0.2) is 12.7 Å². The van der Waals surface area contributed by atoms with E-state index in [4.69, 9.17) is 0 Å². The van der Waals surface area contributed by atoms with E-state index in [2.05, 4.69) is 5.32 Å². The number of sulfonamides is 1. The number of aliphatic hydroxyl groups is 1. The molecule has 2 aliphatic rings. The van der Waals surface area contributed by atoms with Crippen LogP contribution in [0.25, 0.3) is 0 Å². The van der Waals surface area contributed by atoms with Crippen LogP contribution < -0.4 is 5.32 Å². The first-order valence-electron chi connectivity index (χ1n) is 7.80. The van der Waals surface area contributed by atoms with Crippen LogP contribution in [0.5, 0.6) is 0 Å². The van der Waals surface area contributed by atoms with Gasteiger partial charge in [0.2, 0.25) is 10.0 Å². The molecule has 0 radical (unpaired) electrons. The number of nitrogens with zero attached hydrogens (tertiary/aromatic N) is 1. The standard InChI is InChI=1S/C14H28N2O3S/c1-20(18,19)16-10-6-13(7-11-16)15-12-14(17)8-4-2-3-5-9-14/h13,15,17H,2-12H2,1H3. The molecule has 0 spiro atoms. The van der Waals surface area contributed by atoms with Crippen molar-refractivity contribution in [3.63, 3.8) is 0 Å². The molecule has 1 saturated carbocycles. The normalized spacial score (nSPS) is 26.3. The zero-order valence-corrected chi connectivity index (χ0v) is 13.3. The minimum Gasteiger partial charge on any atom is -0.389 e. The van der Waals surface area contributed by atoms with Gasteiger partial charge in [0.25, 0.3) is 0 Å². The van der Waals surface area contributed by atoms with Crippen molar-refractivity contribution in [3.8, 4) is 0 Å². The highest BCUT2D eigenvalue weighted by Crippen LogP contribution is 2.26. The Morgan fingerprint density at radius 3 is 2.20 bits per heavy atom. The molecule has 6 heteroatoms. The van der Waals surface area contributed by atoms with Crippen LogP contribution in [0.3, 0.4) is 0 Å². The average Bonchev–Trinajstić information content (AvgIpc) is 2.61. The van der Waals surface area contributed by atoms with Gasteiger partial charge in [0.05, 0.1) is 11.9 Å². The summed E-state index contributed by atoms with van der Waals surface area (Å²) in [5.41, 5.74) is -0.551. The molecule has 2 fully saturated rings. The molecule has 0 unspecified atom stereocenters. The van der Waals surface area contributed by atoms with Gasteiger partial charge in [0.1, 0.15) is 0 Å². The fourth-order valence-corrected chi connectivity index (χ4v) is 4.16. The number of hydrogen-bond donors (Lipinski definition) is 2. The highest BCUT2D eigenvalue weighted by molar-refractivity contribution is 7.88. The van der Waals surface area contributed by atoms with E-state index in [0.717, 1.165) is 38.5 Å². The van der Waals surface area contributed by atoms with Gasteiger partial charge in [-0.15, -0.1) is 0 Å².